The SMILES string of the molecule is CC(C)n1cc(Nc2ccc(C#N)c3ccccc23)cn1. The number of anilines is 2. The maximum absolute atomic E-state index is 9.20. The number of nitrogens with zero attached hydrogens (tertiary/aromatic N) is 3. The molecule has 3 aromatic rings. The second-order valence-corrected chi connectivity index (χ2v) is 5.25. The summed E-state index contributed by atoms with van der Waals surface area (Å²) in [5.74, 6) is 0. The van der Waals surface area contributed by atoms with Gasteiger partial charge in [0.1, 0.15) is 0 Å². The lowest BCUT2D eigenvalue weighted by atomic mass is 10.0. The van der Waals surface area contributed by atoms with E-state index >= 15 is 0 Å². The fourth-order valence-corrected chi connectivity index (χ4v) is 2.35. The third-order valence-electron chi connectivity index (χ3n) is 3.45. The molecule has 4 nitrogen and oxygen atoms in total. The number of nitriles is 1. The molecule has 0 aliphatic rings. The van der Waals surface area contributed by atoms with Crippen molar-refractivity contribution < 1.29 is 0 Å². The Morgan fingerprint density at radius 2 is 1.90 bits per heavy atom. The lowest BCUT2D eigenvalue weighted by Crippen LogP contribution is -2.00. The molecule has 0 spiro atoms. The van der Waals surface area contributed by atoms with Crippen LogP contribution >= 0.6 is 0 Å². The van der Waals surface area contributed by atoms with Crippen molar-refractivity contribution in [2.75, 3.05) is 5.32 Å². The Morgan fingerprint density at radius 1 is 1.14 bits per heavy atom. The molecule has 2 aromatic carbocycles. The number of aromatic nitrogens is 2. The molecule has 0 aliphatic heterocycles. The second-order valence-electron chi connectivity index (χ2n) is 5.25. The Morgan fingerprint density at radius 3 is 2.57 bits per heavy atom. The first-order chi connectivity index (χ1) is 10.2. The molecular formula is C17H16N4. The van der Waals surface area contributed by atoms with Crippen LogP contribution in [-0.4, -0.2) is 9.78 Å². The molecule has 1 aromatic heterocycles. The Kier molecular flexibility index (Phi) is 3.33. The van der Waals surface area contributed by atoms with Gasteiger partial charge in [-0.15, -0.1) is 0 Å². The maximum atomic E-state index is 9.20. The van der Waals surface area contributed by atoms with Crippen LogP contribution in [0.3, 0.4) is 0 Å². The summed E-state index contributed by atoms with van der Waals surface area (Å²) in [6.07, 6.45) is 3.80. The summed E-state index contributed by atoms with van der Waals surface area (Å²) in [6, 6.07) is 14.3. The summed E-state index contributed by atoms with van der Waals surface area (Å²) < 4.78 is 1.91. The van der Waals surface area contributed by atoms with Gasteiger partial charge in [-0.05, 0) is 26.0 Å². The zero-order chi connectivity index (χ0) is 14.8. The van der Waals surface area contributed by atoms with Gasteiger partial charge in [0.15, 0.2) is 0 Å². The first-order valence-corrected chi connectivity index (χ1v) is 6.92. The highest BCUT2D eigenvalue weighted by Crippen LogP contribution is 2.28. The van der Waals surface area contributed by atoms with E-state index in [4.69, 9.17) is 0 Å². The topological polar surface area (TPSA) is 53.6 Å². The van der Waals surface area contributed by atoms with E-state index < -0.39 is 0 Å². The first kappa shape index (κ1) is 13.2. The summed E-state index contributed by atoms with van der Waals surface area (Å²) in [4.78, 5) is 0. The molecule has 0 radical (unpaired) electrons. The van der Waals surface area contributed by atoms with Crippen molar-refractivity contribution in [1.82, 2.24) is 9.78 Å². The van der Waals surface area contributed by atoms with Crippen molar-refractivity contribution in [1.29, 1.82) is 5.26 Å². The molecule has 0 fully saturated rings. The predicted octanol–water partition coefficient (Wildman–Crippen LogP) is 4.23. The van der Waals surface area contributed by atoms with Gasteiger partial charge in [-0.3, -0.25) is 4.68 Å². The molecule has 1 heterocycles. The predicted molar refractivity (Wildman–Crippen MR) is 84.6 cm³/mol. The fraction of sp³-hybridized carbons (Fsp3) is 0.176. The minimum absolute atomic E-state index is 0.332. The van der Waals surface area contributed by atoms with Crippen LogP contribution in [0.2, 0.25) is 0 Å². The van der Waals surface area contributed by atoms with E-state index in [-0.39, 0.29) is 0 Å². The lowest BCUT2D eigenvalue weighted by Gasteiger charge is -2.09. The quantitative estimate of drug-likeness (QED) is 0.778. The van der Waals surface area contributed by atoms with Crippen LogP contribution in [-0.2, 0) is 0 Å². The van der Waals surface area contributed by atoms with Gasteiger partial charge in [-0.25, -0.2) is 0 Å². The summed E-state index contributed by atoms with van der Waals surface area (Å²) in [5.41, 5.74) is 2.61. The summed E-state index contributed by atoms with van der Waals surface area (Å²) >= 11 is 0. The monoisotopic (exact) mass is 276 g/mol. The highest BCUT2D eigenvalue weighted by molar-refractivity contribution is 5.98. The minimum Gasteiger partial charge on any atom is -0.352 e. The van der Waals surface area contributed by atoms with E-state index in [0.29, 0.717) is 11.6 Å². The van der Waals surface area contributed by atoms with Crippen LogP contribution in [0, 0.1) is 11.3 Å². The number of hydrogen-bond donors (Lipinski definition) is 1. The largest absolute Gasteiger partial charge is 0.352 e. The van der Waals surface area contributed by atoms with E-state index in [1.807, 2.05) is 53.5 Å². The number of benzene rings is 2. The van der Waals surface area contributed by atoms with E-state index in [1.165, 1.54) is 0 Å². The van der Waals surface area contributed by atoms with Crippen molar-refractivity contribution in [3.63, 3.8) is 0 Å². The van der Waals surface area contributed by atoms with Gasteiger partial charge in [0.2, 0.25) is 0 Å². The van der Waals surface area contributed by atoms with Crippen LogP contribution < -0.4 is 5.32 Å². The normalized spacial score (nSPS) is 10.8. The van der Waals surface area contributed by atoms with Crippen LogP contribution in [0.15, 0.2) is 48.8 Å². The smallest absolute Gasteiger partial charge is 0.0998 e. The zero-order valence-electron chi connectivity index (χ0n) is 12.0. The van der Waals surface area contributed by atoms with Gasteiger partial charge < -0.3 is 5.32 Å². The van der Waals surface area contributed by atoms with Gasteiger partial charge in [-0.1, -0.05) is 24.3 Å². The third-order valence-corrected chi connectivity index (χ3v) is 3.45. The van der Waals surface area contributed by atoms with Gasteiger partial charge in [0.25, 0.3) is 0 Å². The molecule has 0 amide bonds. The van der Waals surface area contributed by atoms with Crippen molar-refractivity contribution in [3.05, 3.63) is 54.4 Å². The average molecular weight is 276 g/mol. The lowest BCUT2D eigenvalue weighted by molar-refractivity contribution is 0.532. The van der Waals surface area contributed by atoms with E-state index in [0.717, 1.165) is 22.1 Å². The van der Waals surface area contributed by atoms with Gasteiger partial charge in [-0.2, -0.15) is 10.4 Å². The number of nitrogens with one attached hydrogen (secondary N) is 1. The van der Waals surface area contributed by atoms with Crippen molar-refractivity contribution in [2.24, 2.45) is 0 Å². The molecule has 0 unspecified atom stereocenters. The molecule has 3 rings (SSSR count). The molecule has 0 bridgehead atoms. The standard InChI is InChI=1S/C17H16N4/c1-12(2)21-11-14(10-19-21)20-17-8-7-13(9-18)15-5-3-4-6-16(15)17/h3-8,10-12,20H,1-2H3. The average Bonchev–Trinajstić information content (AvgIpc) is 2.96. The first-order valence-electron chi connectivity index (χ1n) is 6.92. The van der Waals surface area contributed by atoms with Crippen molar-refractivity contribution in [2.45, 2.75) is 19.9 Å². The van der Waals surface area contributed by atoms with Gasteiger partial charge in [0.05, 0.1) is 23.5 Å². The third kappa shape index (κ3) is 2.46. The number of hydrogen-bond acceptors (Lipinski definition) is 3. The molecule has 0 atom stereocenters. The van der Waals surface area contributed by atoms with Crippen molar-refractivity contribution in [3.8, 4) is 6.07 Å². The minimum atomic E-state index is 0.332. The summed E-state index contributed by atoms with van der Waals surface area (Å²) in [5, 5.41) is 18.9. The Bertz CT molecular complexity index is 824. The molecule has 104 valence electrons. The van der Waals surface area contributed by atoms with Gasteiger partial charge >= 0.3 is 0 Å². The molecule has 0 saturated carbocycles. The van der Waals surface area contributed by atoms with Crippen LogP contribution in [0.25, 0.3) is 10.8 Å². The highest BCUT2D eigenvalue weighted by Gasteiger charge is 2.07. The number of rotatable bonds is 3. The summed E-state index contributed by atoms with van der Waals surface area (Å²) in [6.45, 7) is 4.18. The molecule has 21 heavy (non-hydrogen) atoms. The molecule has 0 aliphatic carbocycles. The second kappa shape index (κ2) is 5.29. The molecule has 0 saturated heterocycles. The van der Waals surface area contributed by atoms with E-state index in [1.54, 1.807) is 0 Å². The van der Waals surface area contributed by atoms with Crippen LogP contribution in [0.5, 0.6) is 0 Å². The van der Waals surface area contributed by atoms with E-state index in [9.17, 15) is 5.26 Å². The Hall–Kier alpha value is -2.80. The Balaban J connectivity index is 2.03. The van der Waals surface area contributed by atoms with E-state index in [2.05, 4.69) is 30.3 Å². The Labute approximate surface area is 123 Å². The number of fused-ring (bicyclic) bond motifs is 1. The van der Waals surface area contributed by atoms with Crippen LogP contribution in [0.4, 0.5) is 11.4 Å². The van der Waals surface area contributed by atoms with Crippen molar-refractivity contribution >= 4 is 22.1 Å². The van der Waals surface area contributed by atoms with Gasteiger partial charge in [0, 0.05) is 28.7 Å². The maximum Gasteiger partial charge on any atom is 0.0998 e. The fourth-order valence-electron chi connectivity index (χ4n) is 2.35. The molecule has 1 N–H and O–H groups in total. The highest BCUT2D eigenvalue weighted by atomic mass is 15.3. The summed E-state index contributed by atoms with van der Waals surface area (Å²) in [7, 11) is 0. The molecular weight excluding hydrogens is 260 g/mol. The zero-order valence-corrected chi connectivity index (χ0v) is 12.0. The van der Waals surface area contributed by atoms with Crippen LogP contribution in [0.1, 0.15) is 25.5 Å². The molecule has 4 heteroatoms.